The molecule has 1 heterocycles. The summed E-state index contributed by atoms with van der Waals surface area (Å²) in [6.07, 6.45) is 4.69. The summed E-state index contributed by atoms with van der Waals surface area (Å²) in [5.41, 5.74) is 0.935. The number of hydrogen-bond donors (Lipinski definition) is 2. The van der Waals surface area contributed by atoms with Crippen LogP contribution in [0.5, 0.6) is 5.75 Å². The van der Waals surface area contributed by atoms with Crippen molar-refractivity contribution in [2.45, 2.75) is 18.2 Å². The topological polar surface area (TPSA) is 140 Å². The number of carboxylic acid groups (broad SMARTS) is 1. The first-order valence-corrected chi connectivity index (χ1v) is 12.0. The van der Waals surface area contributed by atoms with Crippen LogP contribution in [0.25, 0.3) is 0 Å². The van der Waals surface area contributed by atoms with E-state index in [2.05, 4.69) is 9.71 Å². The number of carboxylic acids is 1. The Morgan fingerprint density at radius 1 is 1.19 bits per heavy atom. The van der Waals surface area contributed by atoms with Gasteiger partial charge < -0.3 is 9.84 Å². The highest BCUT2D eigenvalue weighted by Gasteiger charge is 2.29. The van der Waals surface area contributed by atoms with Crippen LogP contribution in [-0.4, -0.2) is 44.3 Å². The molecule has 2 N–H and O–H groups in total. The lowest BCUT2D eigenvalue weighted by Gasteiger charge is -2.18. The molecule has 3 rings (SSSR count). The van der Waals surface area contributed by atoms with Gasteiger partial charge in [0.2, 0.25) is 20.3 Å². The molecule has 0 saturated carbocycles. The molecule has 1 aliphatic carbocycles. The summed E-state index contributed by atoms with van der Waals surface area (Å²) >= 11 is 0. The van der Waals surface area contributed by atoms with Crippen LogP contribution in [0.1, 0.15) is 12.6 Å². The summed E-state index contributed by atoms with van der Waals surface area (Å²) in [5.74, 6) is -2.15. The molecule has 1 aromatic carbocycles. The van der Waals surface area contributed by atoms with Gasteiger partial charge >= 0.3 is 5.97 Å². The first-order chi connectivity index (χ1) is 15.2. The first kappa shape index (κ1) is 23.4. The molecule has 1 aromatic heterocycles. The van der Waals surface area contributed by atoms with Crippen LogP contribution in [0.4, 0.5) is 0 Å². The first-order valence-electron chi connectivity index (χ1n) is 9.45. The third-order valence-corrected chi connectivity index (χ3v) is 7.06. The molecule has 1 aliphatic rings. The third kappa shape index (κ3) is 5.49. The van der Waals surface area contributed by atoms with Gasteiger partial charge in [-0.25, -0.2) is 13.1 Å². The van der Waals surface area contributed by atoms with Crippen LogP contribution in [0.2, 0.25) is 0 Å². The Labute approximate surface area is 186 Å². The van der Waals surface area contributed by atoms with E-state index in [0.717, 1.165) is 5.69 Å². The number of hydrogen-bond acceptors (Lipinski definition) is 7. The number of nitrogens with zero attached hydrogens (tertiary/aromatic N) is 1. The van der Waals surface area contributed by atoms with Crippen molar-refractivity contribution in [1.82, 2.24) is 9.71 Å². The molecule has 0 fully saturated rings. The van der Waals surface area contributed by atoms with E-state index in [1.165, 1.54) is 43.3 Å². The van der Waals surface area contributed by atoms with Crippen LogP contribution in [0.3, 0.4) is 0 Å². The predicted molar refractivity (Wildman–Crippen MR) is 117 cm³/mol. The fraction of sp³-hybridized carbons (Fsp3) is 0.190. The van der Waals surface area contributed by atoms with E-state index in [0.29, 0.717) is 6.42 Å². The molecule has 0 spiro atoms. The summed E-state index contributed by atoms with van der Waals surface area (Å²) in [6.45, 7) is 1.63. The molecule has 1 atom stereocenters. The second-order valence-electron chi connectivity index (χ2n) is 6.81. The lowest BCUT2D eigenvalue weighted by atomic mass is 9.94. The number of sulfonamides is 1. The van der Waals surface area contributed by atoms with Gasteiger partial charge in [-0.3, -0.25) is 9.78 Å². The van der Waals surface area contributed by atoms with E-state index in [9.17, 15) is 26.7 Å². The Balaban J connectivity index is 1.71. The Morgan fingerprint density at radius 2 is 1.91 bits per heavy atom. The zero-order valence-corrected chi connectivity index (χ0v) is 18.6. The van der Waals surface area contributed by atoms with Gasteiger partial charge in [0.15, 0.2) is 0 Å². The quantitative estimate of drug-likeness (QED) is 0.548. The number of pyridine rings is 1. The minimum Gasteiger partial charge on any atom is -0.481 e. The molecule has 0 amide bonds. The van der Waals surface area contributed by atoms with Gasteiger partial charge in [0.25, 0.3) is 0 Å². The van der Waals surface area contributed by atoms with Gasteiger partial charge in [-0.2, -0.15) is 8.42 Å². The number of benzene rings is 1. The second-order valence-corrected chi connectivity index (χ2v) is 9.48. The van der Waals surface area contributed by atoms with Crippen molar-refractivity contribution >= 4 is 31.2 Å². The molecule has 0 bridgehead atoms. The van der Waals surface area contributed by atoms with Crippen molar-refractivity contribution < 1.29 is 31.5 Å². The van der Waals surface area contributed by atoms with Crippen molar-refractivity contribution in [2.24, 2.45) is 5.92 Å². The molecule has 0 aliphatic heterocycles. The average Bonchev–Trinajstić information content (AvgIpc) is 2.75. The molecule has 168 valence electrons. The van der Waals surface area contributed by atoms with Gasteiger partial charge in [0, 0.05) is 30.4 Å². The van der Waals surface area contributed by atoms with Gasteiger partial charge in [0.1, 0.15) is 17.4 Å². The molecule has 11 heteroatoms. The van der Waals surface area contributed by atoms with Gasteiger partial charge in [0.05, 0.1) is 9.76 Å². The van der Waals surface area contributed by atoms with E-state index in [4.69, 9.17) is 4.74 Å². The Morgan fingerprint density at radius 3 is 2.50 bits per heavy atom. The SMILES string of the molecule is CC1=C(Oc2ccc(S(=O)(=O)NCCc3ccccn3)cc2)C=CC(C(=O)O)C1=S(=O)=O. The predicted octanol–water partition coefficient (Wildman–Crippen LogP) is 1.58. The highest BCUT2D eigenvalue weighted by Crippen LogP contribution is 2.25. The number of allylic oxidation sites excluding steroid dienone is 2. The standard InChI is InChI=1S/C21H20N2O7S2/c1-14-19(10-9-18(21(24)25)20(14)31(26)27)30-16-5-7-17(8-6-16)32(28,29)23-13-11-15-4-2-3-12-22-15/h2-10,12,18,23H,11,13H2,1H3,(H,24,25). The fourth-order valence-corrected chi connectivity index (χ4v) is 4.81. The van der Waals surface area contributed by atoms with Crippen LogP contribution in [0, 0.1) is 5.92 Å². The number of rotatable bonds is 8. The Hall–Kier alpha value is -3.28. The largest absolute Gasteiger partial charge is 0.481 e. The van der Waals surface area contributed by atoms with E-state index in [1.807, 2.05) is 6.07 Å². The van der Waals surface area contributed by atoms with Crippen LogP contribution in [0.15, 0.2) is 77.0 Å². The average molecular weight is 477 g/mol. The maximum Gasteiger partial charge on any atom is 0.315 e. The molecule has 2 aromatic rings. The number of aliphatic carboxylic acids is 1. The molecular weight excluding hydrogens is 456 g/mol. The van der Waals surface area contributed by atoms with Crippen LogP contribution < -0.4 is 9.46 Å². The highest BCUT2D eigenvalue weighted by atomic mass is 32.2. The summed E-state index contributed by atoms with van der Waals surface area (Å²) in [7, 11) is -6.48. The molecular formula is C21H20N2O7S2. The zero-order valence-electron chi connectivity index (χ0n) is 16.9. The van der Waals surface area contributed by atoms with Gasteiger partial charge in [-0.1, -0.05) is 12.1 Å². The van der Waals surface area contributed by atoms with Crippen molar-refractivity contribution in [3.63, 3.8) is 0 Å². The monoisotopic (exact) mass is 476 g/mol. The number of nitrogens with one attached hydrogen (secondary N) is 1. The maximum absolute atomic E-state index is 12.5. The number of aromatic nitrogens is 1. The smallest absolute Gasteiger partial charge is 0.315 e. The molecule has 1 unspecified atom stereocenters. The summed E-state index contributed by atoms with van der Waals surface area (Å²) in [6, 6.07) is 11.0. The molecule has 9 nitrogen and oxygen atoms in total. The van der Waals surface area contributed by atoms with Gasteiger partial charge in [-0.05, 0) is 49.4 Å². The maximum atomic E-state index is 12.5. The van der Waals surface area contributed by atoms with E-state index >= 15 is 0 Å². The Bertz CT molecular complexity index is 1300. The lowest BCUT2D eigenvalue weighted by molar-refractivity contribution is -0.138. The summed E-state index contributed by atoms with van der Waals surface area (Å²) < 4.78 is 56.1. The summed E-state index contributed by atoms with van der Waals surface area (Å²) in [4.78, 5) is 15.2. The van der Waals surface area contributed by atoms with Crippen molar-refractivity contribution in [2.75, 3.05) is 6.54 Å². The van der Waals surface area contributed by atoms with Crippen LogP contribution in [-0.2, 0) is 31.5 Å². The highest BCUT2D eigenvalue weighted by molar-refractivity contribution is 7.89. The normalized spacial score (nSPS) is 16.2. The van der Waals surface area contributed by atoms with Gasteiger partial charge in [-0.15, -0.1) is 0 Å². The number of carbonyl (C=O) groups is 1. The fourth-order valence-electron chi connectivity index (χ4n) is 3.04. The van der Waals surface area contributed by atoms with Crippen molar-refractivity contribution in [1.29, 1.82) is 0 Å². The zero-order chi connectivity index (χ0) is 23.3. The second kappa shape index (κ2) is 9.90. The van der Waals surface area contributed by atoms with E-state index in [-0.39, 0.29) is 33.4 Å². The molecule has 0 saturated heterocycles. The third-order valence-electron chi connectivity index (χ3n) is 4.67. The summed E-state index contributed by atoms with van der Waals surface area (Å²) in [5, 5.41) is 9.21. The molecule has 0 radical (unpaired) electrons. The van der Waals surface area contributed by atoms with Crippen molar-refractivity contribution in [3.05, 3.63) is 77.8 Å². The minimum atomic E-state index is -3.74. The minimum absolute atomic E-state index is 0.0367. The lowest BCUT2D eigenvalue weighted by Crippen LogP contribution is -2.27. The Kier molecular flexibility index (Phi) is 7.23. The number of ether oxygens (including phenoxy) is 1. The van der Waals surface area contributed by atoms with Crippen molar-refractivity contribution in [3.8, 4) is 5.75 Å². The van der Waals surface area contributed by atoms with Crippen LogP contribution >= 0.6 is 0 Å². The van der Waals surface area contributed by atoms with E-state index < -0.39 is 32.2 Å². The molecule has 32 heavy (non-hydrogen) atoms. The van der Waals surface area contributed by atoms with E-state index in [1.54, 1.807) is 18.3 Å².